The van der Waals surface area contributed by atoms with E-state index in [1.807, 2.05) is 13.0 Å². The Morgan fingerprint density at radius 1 is 1.29 bits per heavy atom. The lowest BCUT2D eigenvalue weighted by atomic mass is 9.85. The maximum absolute atomic E-state index is 11.3. The second-order valence-electron chi connectivity index (χ2n) is 6.99. The fraction of sp³-hybridized carbons (Fsp3) is 0.474. The summed E-state index contributed by atoms with van der Waals surface area (Å²) in [6.45, 7) is 2.54. The Morgan fingerprint density at radius 3 is 2.75 bits per heavy atom. The highest BCUT2D eigenvalue weighted by molar-refractivity contribution is 5.76. The molecule has 4 N–H and O–H groups in total. The Kier molecular flexibility index (Phi) is 6.32. The van der Waals surface area contributed by atoms with Crippen molar-refractivity contribution in [3.63, 3.8) is 0 Å². The van der Waals surface area contributed by atoms with Gasteiger partial charge in [-0.1, -0.05) is 0 Å². The van der Waals surface area contributed by atoms with Crippen molar-refractivity contribution in [2.24, 2.45) is 11.7 Å². The van der Waals surface area contributed by atoms with Crippen molar-refractivity contribution in [2.75, 3.05) is 17.2 Å². The third-order valence-corrected chi connectivity index (χ3v) is 4.90. The third-order valence-electron chi connectivity index (χ3n) is 4.90. The number of aromatic nitrogens is 4. The molecule has 0 aliphatic heterocycles. The molecule has 2 aromatic heterocycles. The van der Waals surface area contributed by atoms with Gasteiger partial charge in [0.1, 0.15) is 23.8 Å². The summed E-state index contributed by atoms with van der Waals surface area (Å²) < 4.78 is 0. The number of anilines is 2. The molecule has 0 atom stereocenters. The maximum atomic E-state index is 11.3. The average molecular weight is 380 g/mol. The SMILES string of the molecule is Cc1cc(CCNc2ncc(C#N)c(N[C@H]3CC[C@@H](C(N)=O)CC3)n2)ncn1. The predicted molar refractivity (Wildman–Crippen MR) is 104 cm³/mol. The molecule has 0 saturated heterocycles. The largest absolute Gasteiger partial charge is 0.369 e. The second-order valence-corrected chi connectivity index (χ2v) is 6.99. The number of carbonyl (C=O) groups excluding carboxylic acids is 1. The monoisotopic (exact) mass is 380 g/mol. The number of nitriles is 1. The molecule has 9 heteroatoms. The number of rotatable bonds is 7. The standard InChI is InChI=1S/C19H24N8O/c1-12-8-16(25-11-24-12)6-7-22-19-23-10-14(9-20)18(27-19)26-15-4-2-13(3-5-15)17(21)28/h8,10-11,13,15H,2-7H2,1H3,(H2,21,28)(H2,22,23,26,27)/t13-,15+. The quantitative estimate of drug-likeness (QED) is 0.657. The summed E-state index contributed by atoms with van der Waals surface area (Å²) in [6, 6.07) is 4.22. The van der Waals surface area contributed by atoms with E-state index in [0.29, 0.717) is 30.3 Å². The van der Waals surface area contributed by atoms with Gasteiger partial charge < -0.3 is 16.4 Å². The molecule has 0 unspecified atom stereocenters. The molecule has 1 fully saturated rings. The zero-order valence-electron chi connectivity index (χ0n) is 15.9. The number of nitrogens with zero attached hydrogens (tertiary/aromatic N) is 5. The third kappa shape index (κ3) is 5.13. The highest BCUT2D eigenvalue weighted by Gasteiger charge is 2.25. The summed E-state index contributed by atoms with van der Waals surface area (Å²) in [7, 11) is 0. The molecule has 0 aromatic carbocycles. The number of nitrogens with two attached hydrogens (primary N) is 1. The van der Waals surface area contributed by atoms with Gasteiger partial charge in [-0.3, -0.25) is 4.79 Å². The van der Waals surface area contributed by atoms with Crippen LogP contribution < -0.4 is 16.4 Å². The van der Waals surface area contributed by atoms with Gasteiger partial charge in [-0.25, -0.2) is 15.0 Å². The number of hydrogen-bond donors (Lipinski definition) is 3. The maximum Gasteiger partial charge on any atom is 0.224 e. The molecule has 146 valence electrons. The van der Waals surface area contributed by atoms with Crippen molar-refractivity contribution >= 4 is 17.7 Å². The van der Waals surface area contributed by atoms with E-state index in [1.165, 1.54) is 6.20 Å². The van der Waals surface area contributed by atoms with Crippen molar-refractivity contribution in [1.82, 2.24) is 19.9 Å². The second kappa shape index (κ2) is 9.08. The minimum Gasteiger partial charge on any atom is -0.369 e. The van der Waals surface area contributed by atoms with E-state index in [1.54, 1.807) is 6.33 Å². The Morgan fingerprint density at radius 2 is 2.07 bits per heavy atom. The molecule has 9 nitrogen and oxygen atoms in total. The zero-order chi connectivity index (χ0) is 19.9. The highest BCUT2D eigenvalue weighted by atomic mass is 16.1. The van der Waals surface area contributed by atoms with Crippen LogP contribution in [-0.2, 0) is 11.2 Å². The van der Waals surface area contributed by atoms with E-state index in [4.69, 9.17) is 5.73 Å². The first-order chi connectivity index (χ1) is 13.5. The molecule has 1 aliphatic rings. The van der Waals surface area contributed by atoms with Crippen molar-refractivity contribution in [2.45, 2.75) is 45.1 Å². The van der Waals surface area contributed by atoms with Crippen molar-refractivity contribution in [1.29, 1.82) is 5.26 Å². The lowest BCUT2D eigenvalue weighted by Crippen LogP contribution is -2.32. The predicted octanol–water partition coefficient (Wildman–Crippen LogP) is 1.56. The number of carbonyl (C=O) groups is 1. The van der Waals surface area contributed by atoms with E-state index in [9.17, 15) is 10.1 Å². The molecular weight excluding hydrogens is 356 g/mol. The fourth-order valence-electron chi connectivity index (χ4n) is 3.32. The number of aryl methyl sites for hydroxylation is 1. The Hall–Kier alpha value is -3.28. The van der Waals surface area contributed by atoms with Gasteiger partial charge >= 0.3 is 0 Å². The van der Waals surface area contributed by atoms with Gasteiger partial charge in [0, 0.05) is 36.3 Å². The molecule has 1 aliphatic carbocycles. The van der Waals surface area contributed by atoms with E-state index in [0.717, 1.165) is 37.1 Å². The highest BCUT2D eigenvalue weighted by Crippen LogP contribution is 2.27. The topological polar surface area (TPSA) is 142 Å². The van der Waals surface area contributed by atoms with Gasteiger partial charge in [-0.05, 0) is 38.7 Å². The fourth-order valence-corrected chi connectivity index (χ4v) is 3.32. The van der Waals surface area contributed by atoms with Gasteiger partial charge in [-0.15, -0.1) is 0 Å². The van der Waals surface area contributed by atoms with Crippen molar-refractivity contribution in [3.8, 4) is 6.07 Å². The average Bonchev–Trinajstić information content (AvgIpc) is 2.69. The van der Waals surface area contributed by atoms with Crippen molar-refractivity contribution < 1.29 is 4.79 Å². The van der Waals surface area contributed by atoms with Crippen molar-refractivity contribution in [3.05, 3.63) is 35.5 Å². The number of primary amides is 1. The van der Waals surface area contributed by atoms with Crippen LogP contribution in [-0.4, -0.2) is 38.4 Å². The molecule has 2 aromatic rings. The number of hydrogen-bond acceptors (Lipinski definition) is 8. The smallest absolute Gasteiger partial charge is 0.224 e. The summed E-state index contributed by atoms with van der Waals surface area (Å²) >= 11 is 0. The molecule has 3 rings (SSSR count). The molecule has 0 radical (unpaired) electrons. The van der Waals surface area contributed by atoms with E-state index in [-0.39, 0.29) is 17.9 Å². The first kappa shape index (κ1) is 19.5. The van der Waals surface area contributed by atoms with E-state index >= 15 is 0 Å². The minimum atomic E-state index is -0.233. The zero-order valence-corrected chi connectivity index (χ0v) is 15.9. The molecule has 0 bridgehead atoms. The van der Waals surface area contributed by atoms with Crippen LogP contribution in [0, 0.1) is 24.2 Å². The summed E-state index contributed by atoms with van der Waals surface area (Å²) in [5, 5.41) is 15.8. The minimum absolute atomic E-state index is 0.0541. The molecule has 28 heavy (non-hydrogen) atoms. The summed E-state index contributed by atoms with van der Waals surface area (Å²) in [5.41, 5.74) is 7.66. The van der Waals surface area contributed by atoms with Crippen LogP contribution in [0.1, 0.15) is 42.6 Å². The molecule has 0 spiro atoms. The van der Waals surface area contributed by atoms with Crippen LogP contribution in [0.5, 0.6) is 0 Å². The Bertz CT molecular complexity index is 870. The summed E-state index contributed by atoms with van der Waals surface area (Å²) in [5.74, 6) is 0.684. The van der Waals surface area contributed by atoms with Gasteiger partial charge in [0.25, 0.3) is 0 Å². The van der Waals surface area contributed by atoms with Crippen LogP contribution in [0.15, 0.2) is 18.6 Å². The number of nitrogens with one attached hydrogen (secondary N) is 2. The lowest BCUT2D eigenvalue weighted by Gasteiger charge is -2.28. The van der Waals surface area contributed by atoms with Gasteiger partial charge in [-0.2, -0.15) is 10.2 Å². The normalized spacial score (nSPS) is 18.9. The van der Waals surface area contributed by atoms with Gasteiger partial charge in [0.15, 0.2) is 0 Å². The number of amides is 1. The lowest BCUT2D eigenvalue weighted by molar-refractivity contribution is -0.122. The summed E-state index contributed by atoms with van der Waals surface area (Å²) in [6.07, 6.45) is 6.93. The Labute approximate surface area is 163 Å². The molecular formula is C19H24N8O. The van der Waals surface area contributed by atoms with E-state index < -0.39 is 0 Å². The van der Waals surface area contributed by atoms with Gasteiger partial charge in [0.05, 0.1) is 6.20 Å². The molecule has 1 saturated carbocycles. The Balaban J connectivity index is 1.59. The van der Waals surface area contributed by atoms with Crippen LogP contribution in [0.2, 0.25) is 0 Å². The van der Waals surface area contributed by atoms with Crippen LogP contribution in [0.3, 0.4) is 0 Å². The first-order valence-electron chi connectivity index (χ1n) is 9.39. The molecule has 2 heterocycles. The van der Waals surface area contributed by atoms with E-state index in [2.05, 4.69) is 36.6 Å². The van der Waals surface area contributed by atoms with Crippen LogP contribution >= 0.6 is 0 Å². The van der Waals surface area contributed by atoms with Crippen LogP contribution in [0.4, 0.5) is 11.8 Å². The summed E-state index contributed by atoms with van der Waals surface area (Å²) in [4.78, 5) is 28.3. The first-order valence-corrected chi connectivity index (χ1v) is 9.39. The molecule has 1 amide bonds. The van der Waals surface area contributed by atoms with Crippen LogP contribution in [0.25, 0.3) is 0 Å². The van der Waals surface area contributed by atoms with Gasteiger partial charge in [0.2, 0.25) is 11.9 Å².